The highest BCUT2D eigenvalue weighted by Crippen LogP contribution is 2.10. The molecule has 1 rings (SSSR count). The Bertz CT molecular complexity index is 344. The van der Waals surface area contributed by atoms with E-state index in [0.717, 1.165) is 11.3 Å². The lowest BCUT2D eigenvalue weighted by Gasteiger charge is -2.02. The average molecular weight is 221 g/mol. The Kier molecular flexibility index (Phi) is 5.73. The Morgan fingerprint density at radius 1 is 1.25 bits per heavy atom. The van der Waals surface area contributed by atoms with Crippen molar-refractivity contribution in [3.63, 3.8) is 0 Å². The van der Waals surface area contributed by atoms with E-state index in [4.69, 9.17) is 9.84 Å². The molecule has 0 heterocycles. The van der Waals surface area contributed by atoms with Gasteiger partial charge in [0, 0.05) is 0 Å². The molecular formula is C12H15NO3. The van der Waals surface area contributed by atoms with Crippen molar-refractivity contribution in [2.45, 2.75) is 0 Å². The first kappa shape index (κ1) is 12.3. The van der Waals surface area contributed by atoms with E-state index in [1.807, 2.05) is 24.3 Å². The molecule has 0 aliphatic heterocycles. The van der Waals surface area contributed by atoms with Crippen molar-refractivity contribution in [2.24, 2.45) is 5.16 Å². The maximum absolute atomic E-state index is 8.51. The molecule has 0 atom stereocenters. The monoisotopic (exact) mass is 221 g/mol. The first-order valence-corrected chi connectivity index (χ1v) is 4.92. The molecule has 4 nitrogen and oxygen atoms in total. The summed E-state index contributed by atoms with van der Waals surface area (Å²) in [4.78, 5) is 4.57. The molecule has 1 N–H and O–H groups in total. The fraction of sp³-hybridized carbons (Fsp3) is 0.250. The first-order valence-electron chi connectivity index (χ1n) is 4.92. The second-order valence-electron chi connectivity index (χ2n) is 2.95. The number of nitrogens with zero attached hydrogens (tertiary/aromatic N) is 1. The molecular weight excluding hydrogens is 206 g/mol. The summed E-state index contributed by atoms with van der Waals surface area (Å²) >= 11 is 0. The molecule has 0 saturated carbocycles. The fourth-order valence-electron chi connectivity index (χ4n) is 1.05. The summed E-state index contributed by atoms with van der Waals surface area (Å²) in [6.07, 6.45) is 5.02. The van der Waals surface area contributed by atoms with Gasteiger partial charge >= 0.3 is 0 Å². The molecule has 4 heteroatoms. The van der Waals surface area contributed by atoms with Crippen LogP contribution in [0.1, 0.15) is 5.56 Å². The second kappa shape index (κ2) is 7.48. The summed E-state index contributed by atoms with van der Waals surface area (Å²) in [7, 11) is 1.50. The van der Waals surface area contributed by atoms with Crippen LogP contribution in [0, 0.1) is 0 Å². The number of oxime groups is 1. The minimum atomic E-state index is 0.0375. The van der Waals surface area contributed by atoms with Crippen LogP contribution < -0.4 is 4.74 Å². The number of rotatable bonds is 6. The van der Waals surface area contributed by atoms with Crippen molar-refractivity contribution in [1.29, 1.82) is 0 Å². The maximum atomic E-state index is 8.51. The minimum absolute atomic E-state index is 0.0375. The lowest BCUT2D eigenvalue weighted by molar-refractivity contribution is 0.215. The molecule has 1 aromatic rings. The number of aliphatic hydroxyl groups excluding tert-OH is 1. The lowest BCUT2D eigenvalue weighted by Crippen LogP contribution is -1.94. The van der Waals surface area contributed by atoms with Gasteiger partial charge in [0.15, 0.2) is 0 Å². The van der Waals surface area contributed by atoms with Gasteiger partial charge < -0.3 is 14.7 Å². The Labute approximate surface area is 94.8 Å². The maximum Gasteiger partial charge on any atom is 0.119 e. The fourth-order valence-corrected chi connectivity index (χ4v) is 1.05. The van der Waals surface area contributed by atoms with Gasteiger partial charge in [0.05, 0.1) is 12.8 Å². The predicted molar refractivity (Wildman–Crippen MR) is 62.8 cm³/mol. The van der Waals surface area contributed by atoms with Crippen LogP contribution in [-0.2, 0) is 4.84 Å². The van der Waals surface area contributed by atoms with Gasteiger partial charge in [-0.15, -0.1) is 0 Å². The molecule has 0 aliphatic carbocycles. The van der Waals surface area contributed by atoms with Crippen LogP contribution in [0.15, 0.2) is 41.6 Å². The third-order valence-electron chi connectivity index (χ3n) is 1.81. The van der Waals surface area contributed by atoms with Crippen molar-refractivity contribution in [3.05, 3.63) is 42.0 Å². The van der Waals surface area contributed by atoms with Crippen LogP contribution in [0.4, 0.5) is 0 Å². The van der Waals surface area contributed by atoms with Crippen molar-refractivity contribution >= 4 is 6.21 Å². The van der Waals surface area contributed by atoms with E-state index in [0.29, 0.717) is 6.61 Å². The molecule has 0 aromatic heterocycles. The predicted octanol–water partition coefficient (Wildman–Crippen LogP) is 1.59. The SMILES string of the molecule is CO/N=C/c1ccc(OC/C=C/CO)cc1. The van der Waals surface area contributed by atoms with E-state index >= 15 is 0 Å². The molecule has 0 radical (unpaired) electrons. The normalized spacial score (nSPS) is 11.1. The highest BCUT2D eigenvalue weighted by atomic mass is 16.6. The second-order valence-corrected chi connectivity index (χ2v) is 2.95. The van der Waals surface area contributed by atoms with Crippen LogP contribution in [0.3, 0.4) is 0 Å². The van der Waals surface area contributed by atoms with Crippen LogP contribution >= 0.6 is 0 Å². The highest BCUT2D eigenvalue weighted by Gasteiger charge is 1.92. The molecule has 16 heavy (non-hydrogen) atoms. The quantitative estimate of drug-likeness (QED) is 0.451. The number of hydrogen-bond donors (Lipinski definition) is 1. The molecule has 0 fully saturated rings. The van der Waals surface area contributed by atoms with Crippen LogP contribution in [0.25, 0.3) is 0 Å². The van der Waals surface area contributed by atoms with E-state index < -0.39 is 0 Å². The van der Waals surface area contributed by atoms with Crippen molar-refractivity contribution in [2.75, 3.05) is 20.3 Å². The molecule has 0 spiro atoms. The molecule has 1 aromatic carbocycles. The zero-order valence-electron chi connectivity index (χ0n) is 9.17. The highest BCUT2D eigenvalue weighted by molar-refractivity contribution is 5.79. The van der Waals surface area contributed by atoms with Gasteiger partial charge in [-0.3, -0.25) is 0 Å². The van der Waals surface area contributed by atoms with Crippen LogP contribution in [-0.4, -0.2) is 31.6 Å². The Morgan fingerprint density at radius 3 is 2.62 bits per heavy atom. The zero-order valence-corrected chi connectivity index (χ0v) is 9.17. The van der Waals surface area contributed by atoms with Crippen molar-refractivity contribution < 1.29 is 14.7 Å². The lowest BCUT2D eigenvalue weighted by atomic mass is 10.2. The van der Waals surface area contributed by atoms with Gasteiger partial charge in [-0.1, -0.05) is 11.2 Å². The summed E-state index contributed by atoms with van der Waals surface area (Å²) in [5, 5.41) is 12.2. The van der Waals surface area contributed by atoms with E-state index in [1.54, 1.807) is 18.4 Å². The number of aliphatic hydroxyl groups is 1. The average Bonchev–Trinajstić information content (AvgIpc) is 2.33. The van der Waals surface area contributed by atoms with Gasteiger partial charge in [-0.05, 0) is 35.9 Å². The number of benzene rings is 1. The third kappa shape index (κ3) is 4.61. The van der Waals surface area contributed by atoms with Gasteiger partial charge in [-0.2, -0.15) is 0 Å². The largest absolute Gasteiger partial charge is 0.490 e. The minimum Gasteiger partial charge on any atom is -0.490 e. The van der Waals surface area contributed by atoms with E-state index in [2.05, 4.69) is 9.99 Å². The molecule has 0 amide bonds. The van der Waals surface area contributed by atoms with Crippen molar-refractivity contribution in [1.82, 2.24) is 0 Å². The third-order valence-corrected chi connectivity index (χ3v) is 1.81. The summed E-state index contributed by atoms with van der Waals surface area (Å²) in [6.45, 7) is 0.488. The first-order chi connectivity index (χ1) is 7.86. The Balaban J connectivity index is 2.45. The van der Waals surface area contributed by atoms with Gasteiger partial charge in [0.1, 0.15) is 19.5 Å². The molecule has 0 bridgehead atoms. The molecule has 0 aliphatic rings. The smallest absolute Gasteiger partial charge is 0.119 e. The summed E-state index contributed by atoms with van der Waals surface area (Å²) in [6, 6.07) is 7.47. The summed E-state index contributed by atoms with van der Waals surface area (Å²) in [5.74, 6) is 0.775. The van der Waals surface area contributed by atoms with Gasteiger partial charge in [-0.25, -0.2) is 0 Å². The molecule has 0 unspecified atom stereocenters. The van der Waals surface area contributed by atoms with E-state index in [-0.39, 0.29) is 6.61 Å². The Morgan fingerprint density at radius 2 is 2.00 bits per heavy atom. The van der Waals surface area contributed by atoms with Gasteiger partial charge in [0.2, 0.25) is 0 Å². The standard InChI is InChI=1S/C12H15NO3/c1-15-13-10-11-4-6-12(7-5-11)16-9-3-2-8-14/h2-7,10,14H,8-9H2,1H3/b3-2+,13-10+. The Hall–Kier alpha value is -1.81. The zero-order chi connectivity index (χ0) is 11.6. The van der Waals surface area contributed by atoms with Crippen LogP contribution in [0.5, 0.6) is 5.75 Å². The van der Waals surface area contributed by atoms with Gasteiger partial charge in [0.25, 0.3) is 0 Å². The van der Waals surface area contributed by atoms with E-state index in [9.17, 15) is 0 Å². The topological polar surface area (TPSA) is 51.0 Å². The summed E-state index contributed by atoms with van der Waals surface area (Å²) in [5.41, 5.74) is 0.945. The van der Waals surface area contributed by atoms with Crippen LogP contribution in [0.2, 0.25) is 0 Å². The number of hydrogen-bond acceptors (Lipinski definition) is 4. The molecule has 0 saturated heterocycles. The number of ether oxygens (including phenoxy) is 1. The van der Waals surface area contributed by atoms with Crippen molar-refractivity contribution in [3.8, 4) is 5.75 Å². The molecule has 86 valence electrons. The van der Waals surface area contributed by atoms with E-state index in [1.165, 1.54) is 7.11 Å². The summed E-state index contributed by atoms with van der Waals surface area (Å²) < 4.78 is 5.39.